The van der Waals surface area contributed by atoms with Gasteiger partial charge in [-0.2, -0.15) is 0 Å². The molecule has 27 heavy (non-hydrogen) atoms. The fourth-order valence-electron chi connectivity index (χ4n) is 3.21. The highest BCUT2D eigenvalue weighted by Gasteiger charge is 2.20. The van der Waals surface area contributed by atoms with Gasteiger partial charge in [0.2, 0.25) is 0 Å². The molecule has 4 nitrogen and oxygen atoms in total. The normalized spacial score (nSPS) is 15.5. The predicted octanol–water partition coefficient (Wildman–Crippen LogP) is 4.65. The first-order valence-corrected chi connectivity index (χ1v) is 9.34. The minimum absolute atomic E-state index is 0.165. The largest absolute Gasteiger partial charge is 0.338 e. The molecule has 0 aromatic heterocycles. The summed E-state index contributed by atoms with van der Waals surface area (Å²) in [5, 5.41) is 5.87. The number of halogens is 3. The maximum atomic E-state index is 13.6. The van der Waals surface area contributed by atoms with Crippen molar-refractivity contribution in [2.75, 3.05) is 25.0 Å². The van der Waals surface area contributed by atoms with Crippen molar-refractivity contribution in [3.05, 3.63) is 64.7 Å². The number of urea groups is 1. The maximum absolute atomic E-state index is 13.6. The van der Waals surface area contributed by atoms with Crippen LogP contribution >= 0.6 is 11.6 Å². The van der Waals surface area contributed by atoms with Crippen LogP contribution in [0.4, 0.5) is 19.3 Å². The number of amides is 2. The molecule has 1 aliphatic rings. The molecule has 1 heterocycles. The minimum Gasteiger partial charge on any atom is -0.338 e. The molecule has 2 amide bonds. The van der Waals surface area contributed by atoms with Crippen molar-refractivity contribution in [2.45, 2.75) is 19.4 Å². The molecule has 7 heteroatoms. The van der Waals surface area contributed by atoms with Crippen LogP contribution < -0.4 is 10.6 Å². The van der Waals surface area contributed by atoms with E-state index in [9.17, 15) is 13.6 Å². The van der Waals surface area contributed by atoms with E-state index in [2.05, 4.69) is 15.5 Å². The molecule has 3 rings (SSSR count). The van der Waals surface area contributed by atoms with Gasteiger partial charge in [-0.1, -0.05) is 29.8 Å². The standard InChI is InChI=1S/C20H22ClF2N3O/c21-17-4-2-1-3-15(17)13-26-9-7-14(8-10-26)12-24-20(27)25-19-11-16(22)5-6-18(19)23/h1-6,11,14H,7-10,12-13H2,(H2,24,25,27). The molecule has 0 atom stereocenters. The summed E-state index contributed by atoms with van der Waals surface area (Å²) in [6.45, 7) is 3.18. The lowest BCUT2D eigenvalue weighted by molar-refractivity contribution is 0.176. The second-order valence-electron chi connectivity index (χ2n) is 6.77. The topological polar surface area (TPSA) is 44.4 Å². The maximum Gasteiger partial charge on any atom is 0.319 e. The Morgan fingerprint density at radius 1 is 1.15 bits per heavy atom. The summed E-state index contributed by atoms with van der Waals surface area (Å²) in [7, 11) is 0. The molecule has 1 aliphatic heterocycles. The number of hydrogen-bond donors (Lipinski definition) is 2. The van der Waals surface area contributed by atoms with Crippen molar-refractivity contribution in [1.82, 2.24) is 10.2 Å². The summed E-state index contributed by atoms with van der Waals surface area (Å²) in [6.07, 6.45) is 1.91. The summed E-state index contributed by atoms with van der Waals surface area (Å²) in [6, 6.07) is 10.3. The molecule has 2 aromatic carbocycles. The Morgan fingerprint density at radius 3 is 2.63 bits per heavy atom. The Balaban J connectivity index is 1.41. The molecule has 0 bridgehead atoms. The molecule has 0 spiro atoms. The number of anilines is 1. The van der Waals surface area contributed by atoms with Crippen LogP contribution in [-0.4, -0.2) is 30.6 Å². The van der Waals surface area contributed by atoms with Crippen molar-refractivity contribution in [2.24, 2.45) is 5.92 Å². The van der Waals surface area contributed by atoms with E-state index in [1.54, 1.807) is 0 Å². The summed E-state index contributed by atoms with van der Waals surface area (Å²) >= 11 is 6.21. The number of likely N-dealkylation sites (tertiary alicyclic amines) is 1. The Bertz CT molecular complexity index is 795. The summed E-state index contributed by atoms with van der Waals surface area (Å²) in [5.74, 6) is -0.910. The lowest BCUT2D eigenvalue weighted by atomic mass is 9.96. The van der Waals surface area contributed by atoms with Gasteiger partial charge in [-0.15, -0.1) is 0 Å². The smallest absolute Gasteiger partial charge is 0.319 e. The number of piperidine rings is 1. The van der Waals surface area contributed by atoms with E-state index in [1.165, 1.54) is 0 Å². The number of carbonyl (C=O) groups excluding carboxylic acids is 1. The number of carbonyl (C=O) groups is 1. The Morgan fingerprint density at radius 2 is 1.89 bits per heavy atom. The molecule has 2 aromatic rings. The van der Waals surface area contributed by atoms with Crippen LogP contribution in [0, 0.1) is 17.6 Å². The highest BCUT2D eigenvalue weighted by atomic mass is 35.5. The number of nitrogens with one attached hydrogen (secondary N) is 2. The average Bonchev–Trinajstić information content (AvgIpc) is 2.66. The fourth-order valence-corrected chi connectivity index (χ4v) is 3.41. The van der Waals surface area contributed by atoms with E-state index in [0.29, 0.717) is 12.5 Å². The first-order valence-electron chi connectivity index (χ1n) is 8.97. The lowest BCUT2D eigenvalue weighted by Crippen LogP contribution is -2.39. The Kier molecular flexibility index (Phi) is 6.63. The summed E-state index contributed by atoms with van der Waals surface area (Å²) in [4.78, 5) is 14.3. The van der Waals surface area contributed by atoms with E-state index in [-0.39, 0.29) is 5.69 Å². The quantitative estimate of drug-likeness (QED) is 0.776. The second-order valence-corrected chi connectivity index (χ2v) is 7.18. The Hall–Kier alpha value is -2.18. The predicted molar refractivity (Wildman–Crippen MR) is 103 cm³/mol. The first kappa shape index (κ1) is 19.6. The molecular formula is C20H22ClF2N3O. The molecule has 1 fully saturated rings. The molecule has 0 unspecified atom stereocenters. The van der Waals surface area contributed by atoms with Gasteiger partial charge in [0.25, 0.3) is 0 Å². The van der Waals surface area contributed by atoms with Gasteiger partial charge in [0.15, 0.2) is 0 Å². The number of rotatable bonds is 5. The molecular weight excluding hydrogens is 372 g/mol. The first-order chi connectivity index (χ1) is 13.0. The van der Waals surface area contributed by atoms with E-state index in [4.69, 9.17) is 11.6 Å². The van der Waals surface area contributed by atoms with Crippen LogP contribution in [0.25, 0.3) is 0 Å². The second kappa shape index (κ2) is 9.15. The SMILES string of the molecule is O=C(NCC1CCN(Cc2ccccc2Cl)CC1)Nc1cc(F)ccc1F. The third-order valence-corrected chi connectivity index (χ3v) is 5.16. The van der Waals surface area contributed by atoms with Crippen LogP contribution in [0.5, 0.6) is 0 Å². The van der Waals surface area contributed by atoms with Crippen LogP contribution in [0.3, 0.4) is 0 Å². The van der Waals surface area contributed by atoms with Crippen LogP contribution in [0.2, 0.25) is 5.02 Å². The zero-order valence-electron chi connectivity index (χ0n) is 14.9. The van der Waals surface area contributed by atoms with Crippen molar-refractivity contribution >= 4 is 23.3 Å². The number of benzene rings is 2. The highest BCUT2D eigenvalue weighted by Crippen LogP contribution is 2.22. The van der Waals surface area contributed by atoms with Crippen molar-refractivity contribution < 1.29 is 13.6 Å². The van der Waals surface area contributed by atoms with Crippen LogP contribution in [-0.2, 0) is 6.54 Å². The van der Waals surface area contributed by atoms with Gasteiger partial charge in [0.1, 0.15) is 11.6 Å². The third kappa shape index (κ3) is 5.65. The van der Waals surface area contributed by atoms with Gasteiger partial charge >= 0.3 is 6.03 Å². The fraction of sp³-hybridized carbons (Fsp3) is 0.350. The van der Waals surface area contributed by atoms with Crippen LogP contribution in [0.15, 0.2) is 42.5 Å². The number of hydrogen-bond acceptors (Lipinski definition) is 2. The molecule has 0 aliphatic carbocycles. The van der Waals surface area contributed by atoms with E-state index in [0.717, 1.165) is 61.3 Å². The van der Waals surface area contributed by atoms with Crippen molar-refractivity contribution in [1.29, 1.82) is 0 Å². The zero-order chi connectivity index (χ0) is 19.2. The number of nitrogens with zero attached hydrogens (tertiary/aromatic N) is 1. The van der Waals surface area contributed by atoms with Gasteiger partial charge in [-0.3, -0.25) is 4.90 Å². The third-order valence-electron chi connectivity index (χ3n) is 4.79. The van der Waals surface area contributed by atoms with E-state index < -0.39 is 17.7 Å². The van der Waals surface area contributed by atoms with Crippen molar-refractivity contribution in [3.63, 3.8) is 0 Å². The lowest BCUT2D eigenvalue weighted by Gasteiger charge is -2.32. The molecule has 144 valence electrons. The monoisotopic (exact) mass is 393 g/mol. The Labute approximate surface area is 162 Å². The van der Waals surface area contributed by atoms with E-state index in [1.807, 2.05) is 24.3 Å². The molecule has 0 radical (unpaired) electrons. The van der Waals surface area contributed by atoms with Crippen molar-refractivity contribution in [3.8, 4) is 0 Å². The minimum atomic E-state index is -0.667. The van der Waals surface area contributed by atoms with Gasteiger partial charge in [0.05, 0.1) is 5.69 Å². The van der Waals surface area contributed by atoms with Gasteiger partial charge < -0.3 is 10.6 Å². The van der Waals surface area contributed by atoms with Gasteiger partial charge in [-0.05, 0) is 55.6 Å². The molecule has 1 saturated heterocycles. The molecule has 0 saturated carbocycles. The van der Waals surface area contributed by atoms with Gasteiger partial charge in [0, 0.05) is 24.2 Å². The van der Waals surface area contributed by atoms with Crippen LogP contribution in [0.1, 0.15) is 18.4 Å². The summed E-state index contributed by atoms with van der Waals surface area (Å²) < 4.78 is 26.7. The average molecular weight is 394 g/mol. The zero-order valence-corrected chi connectivity index (χ0v) is 15.6. The van der Waals surface area contributed by atoms with Gasteiger partial charge in [-0.25, -0.2) is 13.6 Å². The van der Waals surface area contributed by atoms with E-state index >= 15 is 0 Å². The highest BCUT2D eigenvalue weighted by molar-refractivity contribution is 6.31. The molecule has 2 N–H and O–H groups in total. The summed E-state index contributed by atoms with van der Waals surface area (Å²) in [5.41, 5.74) is 0.953.